The first-order valence-electron chi connectivity index (χ1n) is 8.86. The summed E-state index contributed by atoms with van der Waals surface area (Å²) in [6.45, 7) is 8.76. The molecule has 0 amide bonds. The lowest BCUT2D eigenvalue weighted by Gasteiger charge is -2.26. The second-order valence-corrected chi connectivity index (χ2v) is 6.97. The molecule has 2 nitrogen and oxygen atoms in total. The minimum Gasteiger partial charge on any atom is -0.345 e. The Bertz CT molecular complexity index is 716. The number of rotatable bonds is 3. The smallest absolute Gasteiger partial charge is 0.0661 e. The van der Waals surface area contributed by atoms with E-state index in [0.717, 1.165) is 5.69 Å². The fourth-order valence-corrected chi connectivity index (χ4v) is 3.85. The number of nitrogens with zero attached hydrogens (tertiary/aromatic N) is 2. The second kappa shape index (κ2) is 6.74. The second-order valence-electron chi connectivity index (χ2n) is 6.97. The highest BCUT2D eigenvalue weighted by Crippen LogP contribution is 2.32. The Morgan fingerprint density at radius 2 is 1.78 bits per heavy atom. The molecule has 1 aromatic carbocycles. The lowest BCUT2D eigenvalue weighted by molar-refractivity contribution is 0.346. The van der Waals surface area contributed by atoms with Gasteiger partial charge in [-0.25, -0.2) is 0 Å². The van der Waals surface area contributed by atoms with Gasteiger partial charge in [0.1, 0.15) is 0 Å². The summed E-state index contributed by atoms with van der Waals surface area (Å²) >= 11 is 0. The molecule has 0 saturated heterocycles. The van der Waals surface area contributed by atoms with Crippen LogP contribution in [0.1, 0.15) is 66.2 Å². The van der Waals surface area contributed by atoms with Gasteiger partial charge in [-0.15, -0.1) is 0 Å². The van der Waals surface area contributed by atoms with Crippen molar-refractivity contribution in [1.29, 1.82) is 0 Å². The van der Waals surface area contributed by atoms with Crippen molar-refractivity contribution in [3.8, 4) is 0 Å². The van der Waals surface area contributed by atoms with E-state index < -0.39 is 0 Å². The van der Waals surface area contributed by atoms with Crippen molar-refractivity contribution in [2.75, 3.05) is 0 Å². The van der Waals surface area contributed by atoms with Gasteiger partial charge in [0, 0.05) is 29.2 Å². The van der Waals surface area contributed by atoms with Gasteiger partial charge in [-0.2, -0.15) is 0 Å². The molecular weight excluding hydrogens is 280 g/mol. The average molecular weight is 308 g/mol. The molecule has 0 atom stereocenters. The molecule has 1 fully saturated rings. The monoisotopic (exact) mass is 308 g/mol. The number of benzene rings is 1. The third-order valence-corrected chi connectivity index (χ3v) is 5.38. The zero-order valence-electron chi connectivity index (χ0n) is 14.9. The molecule has 0 unspecified atom stereocenters. The molecule has 1 heterocycles. The van der Waals surface area contributed by atoms with Crippen LogP contribution in [0.5, 0.6) is 0 Å². The van der Waals surface area contributed by atoms with Crippen LogP contribution in [0.15, 0.2) is 29.3 Å². The Kier molecular flexibility index (Phi) is 4.70. The zero-order chi connectivity index (χ0) is 16.4. The van der Waals surface area contributed by atoms with E-state index in [2.05, 4.69) is 56.5 Å². The minimum atomic E-state index is 0.687. The van der Waals surface area contributed by atoms with Gasteiger partial charge in [0.15, 0.2) is 0 Å². The zero-order valence-corrected chi connectivity index (χ0v) is 14.9. The maximum Gasteiger partial charge on any atom is 0.0661 e. The first kappa shape index (κ1) is 16.0. The van der Waals surface area contributed by atoms with Crippen LogP contribution in [0.4, 0.5) is 5.69 Å². The molecule has 122 valence electrons. The summed E-state index contributed by atoms with van der Waals surface area (Å²) in [7, 11) is 0. The van der Waals surface area contributed by atoms with E-state index in [-0.39, 0.29) is 0 Å². The molecule has 2 aromatic rings. The molecule has 0 bridgehead atoms. The van der Waals surface area contributed by atoms with E-state index in [4.69, 9.17) is 4.99 Å². The van der Waals surface area contributed by atoms with Crippen molar-refractivity contribution >= 4 is 11.9 Å². The molecule has 1 aliphatic carbocycles. The SMILES string of the molecule is Cc1cccc(N=Cc2cc(C)n(C3CCCCC3)c2C)c1C. The Morgan fingerprint density at radius 1 is 1.04 bits per heavy atom. The van der Waals surface area contributed by atoms with Crippen molar-refractivity contribution in [3.63, 3.8) is 0 Å². The van der Waals surface area contributed by atoms with Crippen molar-refractivity contribution < 1.29 is 0 Å². The number of hydrogen-bond acceptors (Lipinski definition) is 1. The molecule has 3 rings (SSSR count). The van der Waals surface area contributed by atoms with Gasteiger partial charge in [-0.1, -0.05) is 31.4 Å². The van der Waals surface area contributed by atoms with Crippen LogP contribution in [0.3, 0.4) is 0 Å². The van der Waals surface area contributed by atoms with E-state index in [1.165, 1.54) is 60.2 Å². The van der Waals surface area contributed by atoms with Crippen molar-refractivity contribution in [2.24, 2.45) is 4.99 Å². The fourth-order valence-electron chi connectivity index (χ4n) is 3.85. The lowest BCUT2D eigenvalue weighted by Crippen LogP contribution is -2.15. The van der Waals surface area contributed by atoms with Crippen LogP contribution in [-0.4, -0.2) is 10.8 Å². The lowest BCUT2D eigenvalue weighted by atomic mass is 9.95. The van der Waals surface area contributed by atoms with E-state index in [9.17, 15) is 0 Å². The van der Waals surface area contributed by atoms with E-state index in [1.54, 1.807) is 0 Å². The number of aryl methyl sites for hydroxylation is 2. The Morgan fingerprint density at radius 3 is 2.52 bits per heavy atom. The van der Waals surface area contributed by atoms with Crippen molar-refractivity contribution in [3.05, 3.63) is 52.3 Å². The van der Waals surface area contributed by atoms with E-state index in [0.29, 0.717) is 6.04 Å². The highest BCUT2D eigenvalue weighted by Gasteiger charge is 2.19. The van der Waals surface area contributed by atoms with Crippen LogP contribution >= 0.6 is 0 Å². The van der Waals surface area contributed by atoms with Gasteiger partial charge >= 0.3 is 0 Å². The molecule has 23 heavy (non-hydrogen) atoms. The van der Waals surface area contributed by atoms with Crippen molar-refractivity contribution in [1.82, 2.24) is 4.57 Å². The van der Waals surface area contributed by atoms with Gasteiger partial charge < -0.3 is 4.57 Å². The normalized spacial score (nSPS) is 16.3. The summed E-state index contributed by atoms with van der Waals surface area (Å²) in [5.41, 5.74) is 7.64. The van der Waals surface area contributed by atoms with Crippen LogP contribution in [0.25, 0.3) is 0 Å². The van der Waals surface area contributed by atoms with Gasteiger partial charge in [-0.05, 0) is 63.8 Å². The molecule has 1 saturated carbocycles. The third-order valence-electron chi connectivity index (χ3n) is 5.38. The molecule has 1 aliphatic rings. The van der Waals surface area contributed by atoms with Gasteiger partial charge in [0.05, 0.1) is 5.69 Å². The summed E-state index contributed by atoms with van der Waals surface area (Å²) < 4.78 is 2.55. The van der Waals surface area contributed by atoms with E-state index in [1.807, 2.05) is 6.21 Å². The topological polar surface area (TPSA) is 17.3 Å². The summed E-state index contributed by atoms with van der Waals surface area (Å²) in [6, 6.07) is 9.30. The predicted octanol–water partition coefficient (Wildman–Crippen LogP) is 5.98. The standard InChI is InChI=1S/C21H28N2/c1-15-9-8-12-21(17(15)3)22-14-19-13-16(2)23(18(19)4)20-10-6-5-7-11-20/h8-9,12-14,20H,5-7,10-11H2,1-4H3. The quantitative estimate of drug-likeness (QED) is 0.621. The van der Waals surface area contributed by atoms with Gasteiger partial charge in [0.2, 0.25) is 0 Å². The highest BCUT2D eigenvalue weighted by molar-refractivity contribution is 5.84. The van der Waals surface area contributed by atoms with Crippen molar-refractivity contribution in [2.45, 2.75) is 65.8 Å². The molecule has 0 aliphatic heterocycles. The summed E-state index contributed by atoms with van der Waals surface area (Å²) in [5.74, 6) is 0. The average Bonchev–Trinajstić information content (AvgIpc) is 2.84. The first-order valence-corrected chi connectivity index (χ1v) is 8.86. The number of hydrogen-bond donors (Lipinski definition) is 0. The Labute approximate surface area is 140 Å². The summed E-state index contributed by atoms with van der Waals surface area (Å²) in [4.78, 5) is 4.76. The predicted molar refractivity (Wildman–Crippen MR) is 99.2 cm³/mol. The third kappa shape index (κ3) is 3.26. The molecule has 0 spiro atoms. The molecular formula is C21H28N2. The molecule has 1 aromatic heterocycles. The largest absolute Gasteiger partial charge is 0.345 e. The molecule has 0 radical (unpaired) electrons. The highest BCUT2D eigenvalue weighted by atomic mass is 15.0. The maximum atomic E-state index is 4.76. The van der Waals surface area contributed by atoms with Crippen LogP contribution in [0.2, 0.25) is 0 Å². The summed E-state index contributed by atoms with van der Waals surface area (Å²) in [5, 5.41) is 0. The van der Waals surface area contributed by atoms with Gasteiger partial charge in [-0.3, -0.25) is 4.99 Å². The molecule has 0 N–H and O–H groups in total. The Hall–Kier alpha value is -1.83. The maximum absolute atomic E-state index is 4.76. The fraction of sp³-hybridized carbons (Fsp3) is 0.476. The van der Waals surface area contributed by atoms with Crippen LogP contribution < -0.4 is 0 Å². The Balaban J connectivity index is 1.89. The van der Waals surface area contributed by atoms with Crippen LogP contribution in [0, 0.1) is 27.7 Å². The minimum absolute atomic E-state index is 0.687. The summed E-state index contributed by atoms with van der Waals surface area (Å²) in [6.07, 6.45) is 8.83. The first-order chi connectivity index (χ1) is 11.1. The number of aliphatic imine (C=N–C) groups is 1. The van der Waals surface area contributed by atoms with Gasteiger partial charge in [0.25, 0.3) is 0 Å². The van der Waals surface area contributed by atoms with Crippen LogP contribution in [-0.2, 0) is 0 Å². The molecule has 2 heteroatoms. The number of aromatic nitrogens is 1. The van der Waals surface area contributed by atoms with E-state index >= 15 is 0 Å².